The Morgan fingerprint density at radius 1 is 0.839 bits per heavy atom. The topological polar surface area (TPSA) is 21.7 Å². The molecule has 3 nitrogen and oxygen atoms in total. The van der Waals surface area contributed by atoms with Gasteiger partial charge in [0.05, 0.1) is 13.7 Å². The van der Waals surface area contributed by atoms with Gasteiger partial charge < -0.3 is 9.47 Å². The molecule has 1 heterocycles. The average Bonchev–Trinajstić information content (AvgIpc) is 2.84. The predicted octanol–water partition coefficient (Wildman–Crippen LogP) is 6.16. The zero-order valence-corrected chi connectivity index (χ0v) is 18.5. The monoisotopic (exact) mass is 415 g/mol. The predicted molar refractivity (Wildman–Crippen MR) is 127 cm³/mol. The highest BCUT2D eigenvalue weighted by Crippen LogP contribution is 2.36. The van der Waals surface area contributed by atoms with Gasteiger partial charge in [0.15, 0.2) is 0 Å². The van der Waals surface area contributed by atoms with Crippen LogP contribution in [0.5, 0.6) is 11.5 Å². The summed E-state index contributed by atoms with van der Waals surface area (Å²) in [6, 6.07) is 30.1. The fraction of sp³-hybridized carbons (Fsp3) is 0.357. The van der Waals surface area contributed by atoms with E-state index in [1.807, 2.05) is 24.3 Å². The van der Waals surface area contributed by atoms with Crippen LogP contribution in [0.1, 0.15) is 36.4 Å². The lowest BCUT2D eigenvalue weighted by atomic mass is 9.85. The van der Waals surface area contributed by atoms with E-state index in [-0.39, 0.29) is 0 Å². The molecule has 2 atom stereocenters. The van der Waals surface area contributed by atoms with Crippen LogP contribution in [0.3, 0.4) is 0 Å². The summed E-state index contributed by atoms with van der Waals surface area (Å²) in [6.45, 7) is 3.02. The Kier molecular flexibility index (Phi) is 7.62. The van der Waals surface area contributed by atoms with Crippen LogP contribution < -0.4 is 9.47 Å². The SMILES string of the molecule is COc1ccc(OCC2CCCN(CCCc3ccccc3)C2c2ccccc2)cc1. The van der Waals surface area contributed by atoms with E-state index in [9.17, 15) is 0 Å². The number of benzene rings is 3. The summed E-state index contributed by atoms with van der Waals surface area (Å²) >= 11 is 0. The van der Waals surface area contributed by atoms with Gasteiger partial charge in [-0.1, -0.05) is 60.7 Å². The smallest absolute Gasteiger partial charge is 0.119 e. The van der Waals surface area contributed by atoms with Crippen molar-refractivity contribution in [1.82, 2.24) is 4.90 Å². The van der Waals surface area contributed by atoms with Gasteiger partial charge in [-0.15, -0.1) is 0 Å². The number of hydrogen-bond donors (Lipinski definition) is 0. The first-order chi connectivity index (χ1) is 15.3. The first kappa shape index (κ1) is 21.5. The number of hydrogen-bond acceptors (Lipinski definition) is 3. The zero-order valence-electron chi connectivity index (χ0n) is 18.5. The Hall–Kier alpha value is -2.78. The molecular formula is C28H33NO2. The average molecular weight is 416 g/mol. The van der Waals surface area contributed by atoms with Crippen molar-refractivity contribution in [2.24, 2.45) is 5.92 Å². The van der Waals surface area contributed by atoms with Crippen molar-refractivity contribution < 1.29 is 9.47 Å². The molecule has 31 heavy (non-hydrogen) atoms. The van der Waals surface area contributed by atoms with E-state index in [1.54, 1.807) is 7.11 Å². The summed E-state index contributed by atoms with van der Waals surface area (Å²) < 4.78 is 11.5. The molecule has 3 aromatic carbocycles. The van der Waals surface area contributed by atoms with Crippen LogP contribution in [-0.4, -0.2) is 31.7 Å². The molecule has 1 aliphatic heterocycles. The summed E-state index contributed by atoms with van der Waals surface area (Å²) in [5.74, 6) is 2.25. The van der Waals surface area contributed by atoms with Crippen molar-refractivity contribution >= 4 is 0 Å². The van der Waals surface area contributed by atoms with E-state index in [0.717, 1.165) is 37.6 Å². The van der Waals surface area contributed by atoms with Crippen molar-refractivity contribution in [2.45, 2.75) is 31.7 Å². The lowest BCUT2D eigenvalue weighted by Crippen LogP contribution is -2.41. The minimum atomic E-state index is 0.406. The van der Waals surface area contributed by atoms with Gasteiger partial charge in [0.25, 0.3) is 0 Å². The fourth-order valence-electron chi connectivity index (χ4n) is 4.72. The molecule has 0 aliphatic carbocycles. The molecule has 1 saturated heterocycles. The minimum absolute atomic E-state index is 0.406. The Morgan fingerprint density at radius 2 is 1.52 bits per heavy atom. The fourth-order valence-corrected chi connectivity index (χ4v) is 4.72. The molecule has 1 fully saturated rings. The molecule has 2 unspecified atom stereocenters. The number of methoxy groups -OCH3 is 1. The number of piperidine rings is 1. The van der Waals surface area contributed by atoms with E-state index < -0.39 is 0 Å². The lowest BCUT2D eigenvalue weighted by Gasteiger charge is -2.41. The second kappa shape index (κ2) is 11.0. The van der Waals surface area contributed by atoms with Crippen LogP contribution in [-0.2, 0) is 6.42 Å². The van der Waals surface area contributed by atoms with Gasteiger partial charge in [-0.3, -0.25) is 4.90 Å². The van der Waals surface area contributed by atoms with Crippen LogP contribution in [0.4, 0.5) is 0 Å². The number of nitrogens with zero attached hydrogens (tertiary/aromatic N) is 1. The molecule has 0 amide bonds. The molecule has 0 aromatic heterocycles. The summed E-state index contributed by atoms with van der Waals surface area (Å²) in [7, 11) is 1.69. The summed E-state index contributed by atoms with van der Waals surface area (Å²) in [5.41, 5.74) is 2.83. The third-order valence-corrected chi connectivity index (χ3v) is 6.28. The van der Waals surface area contributed by atoms with Crippen LogP contribution in [0.2, 0.25) is 0 Å². The number of aryl methyl sites for hydroxylation is 1. The van der Waals surface area contributed by atoms with Crippen LogP contribution in [0.25, 0.3) is 0 Å². The number of ether oxygens (including phenoxy) is 2. The van der Waals surface area contributed by atoms with Gasteiger partial charge in [-0.05, 0) is 74.2 Å². The van der Waals surface area contributed by atoms with Gasteiger partial charge >= 0.3 is 0 Å². The highest BCUT2D eigenvalue weighted by Gasteiger charge is 2.32. The first-order valence-electron chi connectivity index (χ1n) is 11.4. The highest BCUT2D eigenvalue weighted by atomic mass is 16.5. The largest absolute Gasteiger partial charge is 0.497 e. The quantitative estimate of drug-likeness (QED) is 0.418. The van der Waals surface area contributed by atoms with Gasteiger partial charge in [0, 0.05) is 12.0 Å². The van der Waals surface area contributed by atoms with E-state index >= 15 is 0 Å². The molecule has 0 spiro atoms. The van der Waals surface area contributed by atoms with Crippen LogP contribution >= 0.6 is 0 Å². The summed E-state index contributed by atoms with van der Waals surface area (Å²) in [5, 5.41) is 0. The zero-order chi connectivity index (χ0) is 21.3. The first-order valence-corrected chi connectivity index (χ1v) is 11.4. The molecule has 0 bridgehead atoms. The molecule has 1 aliphatic rings. The molecule has 3 aromatic rings. The molecule has 162 valence electrons. The number of rotatable bonds is 9. The number of likely N-dealkylation sites (tertiary alicyclic amines) is 1. The molecule has 3 heteroatoms. The van der Waals surface area contributed by atoms with Crippen LogP contribution in [0, 0.1) is 5.92 Å². The van der Waals surface area contributed by atoms with Gasteiger partial charge in [0.1, 0.15) is 11.5 Å². The normalized spacial score (nSPS) is 19.1. The van der Waals surface area contributed by atoms with Crippen molar-refractivity contribution in [2.75, 3.05) is 26.8 Å². The van der Waals surface area contributed by atoms with Gasteiger partial charge in [-0.25, -0.2) is 0 Å². The van der Waals surface area contributed by atoms with Crippen molar-refractivity contribution in [1.29, 1.82) is 0 Å². The second-order valence-corrected chi connectivity index (χ2v) is 8.37. The van der Waals surface area contributed by atoms with E-state index in [0.29, 0.717) is 12.0 Å². The summed E-state index contributed by atoms with van der Waals surface area (Å²) in [6.07, 6.45) is 4.74. The minimum Gasteiger partial charge on any atom is -0.497 e. The molecule has 0 radical (unpaired) electrons. The standard InChI is InChI=1S/C28H33NO2/c1-30-26-16-18-27(19-17-26)31-22-25-15-9-21-29(28(25)24-13-6-3-7-14-24)20-8-12-23-10-4-2-5-11-23/h2-7,10-11,13-14,16-19,25,28H,8-9,12,15,20-22H2,1H3. The van der Waals surface area contributed by atoms with E-state index in [2.05, 4.69) is 65.6 Å². The maximum atomic E-state index is 6.24. The second-order valence-electron chi connectivity index (χ2n) is 8.37. The van der Waals surface area contributed by atoms with Gasteiger partial charge in [-0.2, -0.15) is 0 Å². The van der Waals surface area contributed by atoms with Crippen molar-refractivity contribution in [3.05, 3.63) is 96.1 Å². The van der Waals surface area contributed by atoms with Gasteiger partial charge in [0.2, 0.25) is 0 Å². The molecule has 0 saturated carbocycles. The summed E-state index contributed by atoms with van der Waals surface area (Å²) in [4.78, 5) is 2.68. The third-order valence-electron chi connectivity index (χ3n) is 6.28. The lowest BCUT2D eigenvalue weighted by molar-refractivity contribution is 0.0610. The third kappa shape index (κ3) is 5.89. The molecule has 4 rings (SSSR count). The molecular weight excluding hydrogens is 382 g/mol. The molecule has 0 N–H and O–H groups in total. The maximum absolute atomic E-state index is 6.24. The Labute approximate surface area is 186 Å². The Morgan fingerprint density at radius 3 is 2.23 bits per heavy atom. The Balaban J connectivity index is 1.43. The van der Waals surface area contributed by atoms with Crippen molar-refractivity contribution in [3.8, 4) is 11.5 Å². The highest BCUT2D eigenvalue weighted by molar-refractivity contribution is 5.31. The van der Waals surface area contributed by atoms with Crippen LogP contribution in [0.15, 0.2) is 84.9 Å². The van der Waals surface area contributed by atoms with E-state index in [4.69, 9.17) is 9.47 Å². The van der Waals surface area contributed by atoms with Crippen molar-refractivity contribution in [3.63, 3.8) is 0 Å². The van der Waals surface area contributed by atoms with E-state index in [1.165, 1.54) is 30.4 Å². The maximum Gasteiger partial charge on any atom is 0.119 e. The Bertz CT molecular complexity index is 895.